The van der Waals surface area contributed by atoms with Crippen molar-refractivity contribution in [3.8, 4) is 0 Å². The number of ketones is 1. The Labute approximate surface area is 204 Å². The third-order valence-corrected chi connectivity index (χ3v) is 7.51. The number of pyridine rings is 1. The molecule has 0 aliphatic carbocycles. The van der Waals surface area contributed by atoms with Crippen molar-refractivity contribution in [3.63, 3.8) is 0 Å². The Morgan fingerprint density at radius 1 is 1.21 bits per heavy atom. The van der Waals surface area contributed by atoms with Crippen LogP contribution in [0.1, 0.15) is 31.9 Å². The molecule has 8 nitrogen and oxygen atoms in total. The van der Waals surface area contributed by atoms with Crippen LogP contribution < -0.4 is 5.73 Å². The summed E-state index contributed by atoms with van der Waals surface area (Å²) in [5.74, 6) is -1.74. The van der Waals surface area contributed by atoms with Gasteiger partial charge in [0.25, 0.3) is 0 Å². The Morgan fingerprint density at radius 2 is 1.88 bits per heavy atom. The number of ether oxygens (including phenoxy) is 1. The monoisotopic (exact) mass is 515 g/mol. The molecule has 0 radical (unpaired) electrons. The second-order valence-corrected chi connectivity index (χ2v) is 11.1. The zero-order valence-corrected chi connectivity index (χ0v) is 21.2. The lowest BCUT2D eigenvalue weighted by atomic mass is 10.1. The average Bonchev–Trinajstić information content (AvgIpc) is 2.73. The number of halogens is 2. The normalized spacial score (nSPS) is 13.1. The number of Topliss-reactive ketones (excluding diaryl/α,β-unsaturated/α-hetero) is 1. The fraction of sp³-hybridized carbons (Fsp3) is 0.409. The third kappa shape index (κ3) is 7.22. The molecule has 0 amide bonds. The molecule has 0 saturated heterocycles. The maximum Gasteiger partial charge on any atom is 0.331 e. The molecule has 1 atom stereocenters. The zero-order valence-electron chi connectivity index (χ0n) is 18.8. The van der Waals surface area contributed by atoms with Gasteiger partial charge >= 0.3 is 5.97 Å². The summed E-state index contributed by atoms with van der Waals surface area (Å²) in [4.78, 5) is 28.8. The predicted molar refractivity (Wildman–Crippen MR) is 127 cm³/mol. The number of hydrogen-bond acceptors (Lipinski definition) is 7. The minimum Gasteiger partial charge on any atom is -0.458 e. The smallest absolute Gasteiger partial charge is 0.331 e. The Kier molecular flexibility index (Phi) is 9.01. The molecule has 33 heavy (non-hydrogen) atoms. The maximum absolute atomic E-state index is 13.5. The molecule has 1 aromatic heterocycles. The zero-order chi connectivity index (χ0) is 25.0. The van der Waals surface area contributed by atoms with E-state index in [4.69, 9.17) is 33.7 Å². The van der Waals surface area contributed by atoms with E-state index in [0.717, 1.165) is 9.87 Å². The molecule has 0 fully saturated rings. The van der Waals surface area contributed by atoms with Crippen LogP contribution in [0, 0.1) is 6.92 Å². The van der Waals surface area contributed by atoms with Crippen LogP contribution in [0.5, 0.6) is 0 Å². The Bertz CT molecular complexity index is 1120. The summed E-state index contributed by atoms with van der Waals surface area (Å²) in [6, 6.07) is 4.57. The lowest BCUT2D eigenvalue weighted by molar-refractivity contribution is -0.158. The number of hydrogen-bond donors (Lipinski definition) is 1. The lowest BCUT2D eigenvalue weighted by Crippen LogP contribution is -2.48. The first-order valence-corrected chi connectivity index (χ1v) is 12.3. The number of esters is 1. The highest BCUT2D eigenvalue weighted by Crippen LogP contribution is 2.32. The highest BCUT2D eigenvalue weighted by molar-refractivity contribution is 7.89. The Hall–Kier alpha value is -2.04. The second kappa shape index (κ2) is 10.9. The van der Waals surface area contributed by atoms with Crippen LogP contribution in [0.3, 0.4) is 0 Å². The molecule has 1 unspecified atom stereocenters. The van der Waals surface area contributed by atoms with Gasteiger partial charge in [-0.3, -0.25) is 9.78 Å². The van der Waals surface area contributed by atoms with Crippen molar-refractivity contribution in [2.24, 2.45) is 5.73 Å². The first-order valence-electron chi connectivity index (χ1n) is 10.1. The minimum atomic E-state index is -4.24. The van der Waals surface area contributed by atoms with Gasteiger partial charge in [0.1, 0.15) is 10.5 Å². The van der Waals surface area contributed by atoms with E-state index >= 15 is 0 Å². The number of nitrogens with zero attached hydrogens (tertiary/aromatic N) is 2. The fourth-order valence-electron chi connectivity index (χ4n) is 2.83. The molecule has 180 valence electrons. The second-order valence-electron chi connectivity index (χ2n) is 8.41. The van der Waals surface area contributed by atoms with Gasteiger partial charge in [0, 0.05) is 24.0 Å². The fourth-order valence-corrected chi connectivity index (χ4v) is 5.02. The van der Waals surface area contributed by atoms with Crippen molar-refractivity contribution in [1.82, 2.24) is 9.29 Å². The molecule has 0 aliphatic heterocycles. The number of aromatic nitrogens is 1. The summed E-state index contributed by atoms with van der Waals surface area (Å²) >= 11 is 12.3. The van der Waals surface area contributed by atoms with Crippen molar-refractivity contribution < 1.29 is 22.7 Å². The first-order chi connectivity index (χ1) is 15.2. The summed E-state index contributed by atoms with van der Waals surface area (Å²) in [6.07, 6.45) is 3.46. The summed E-state index contributed by atoms with van der Waals surface area (Å²) in [7, 11) is -4.24. The van der Waals surface area contributed by atoms with E-state index < -0.39 is 40.0 Å². The van der Waals surface area contributed by atoms with E-state index in [2.05, 4.69) is 4.98 Å². The van der Waals surface area contributed by atoms with E-state index in [-0.39, 0.29) is 22.9 Å². The van der Waals surface area contributed by atoms with Crippen molar-refractivity contribution in [1.29, 1.82) is 0 Å². The van der Waals surface area contributed by atoms with Gasteiger partial charge in [-0.05, 0) is 63.4 Å². The standard InChI is InChI=1S/C22H27Cl2N3O5S/c1-14-16(23)7-8-18(19(14)24)33(30,31)27(11-9-15-6-5-10-26-12-15)13-17(28)20(25)21(29)32-22(2,3)4/h5-8,10,12,20H,9,11,13,25H2,1-4H3. The van der Waals surface area contributed by atoms with Crippen molar-refractivity contribution in [2.75, 3.05) is 13.1 Å². The van der Waals surface area contributed by atoms with Gasteiger partial charge in [0.05, 0.1) is 11.6 Å². The number of nitrogens with two attached hydrogens (primary N) is 1. The van der Waals surface area contributed by atoms with Crippen molar-refractivity contribution >= 4 is 45.0 Å². The van der Waals surface area contributed by atoms with Crippen LogP contribution in [0.2, 0.25) is 10.0 Å². The highest BCUT2D eigenvalue weighted by atomic mass is 35.5. The van der Waals surface area contributed by atoms with Crippen LogP contribution >= 0.6 is 23.2 Å². The molecule has 1 heterocycles. The van der Waals surface area contributed by atoms with E-state index in [9.17, 15) is 18.0 Å². The molecule has 2 rings (SSSR count). The molecular weight excluding hydrogens is 489 g/mol. The molecular formula is C22H27Cl2N3O5S. The molecule has 2 aromatic rings. The number of rotatable bonds is 9. The van der Waals surface area contributed by atoms with Crippen LogP contribution in [-0.4, -0.2) is 54.2 Å². The summed E-state index contributed by atoms with van der Waals surface area (Å²) in [5, 5.41) is 0.265. The number of benzene rings is 1. The number of carbonyl (C=O) groups is 2. The quantitative estimate of drug-likeness (QED) is 0.402. The molecule has 11 heteroatoms. The lowest BCUT2D eigenvalue weighted by Gasteiger charge is -2.25. The van der Waals surface area contributed by atoms with Crippen LogP contribution in [0.4, 0.5) is 0 Å². The van der Waals surface area contributed by atoms with Crippen molar-refractivity contribution in [2.45, 2.75) is 50.7 Å². The number of carbonyl (C=O) groups excluding carboxylic acids is 2. The average molecular weight is 516 g/mol. The summed E-state index contributed by atoms with van der Waals surface area (Å²) < 4.78 is 33.0. The van der Waals surface area contributed by atoms with Gasteiger partial charge in [0.2, 0.25) is 10.0 Å². The molecule has 0 saturated carbocycles. The Balaban J connectivity index is 2.36. The molecule has 1 aromatic carbocycles. The molecule has 2 N–H and O–H groups in total. The van der Waals surface area contributed by atoms with Gasteiger partial charge in [-0.1, -0.05) is 29.3 Å². The molecule has 0 bridgehead atoms. The van der Waals surface area contributed by atoms with E-state index in [1.54, 1.807) is 52.2 Å². The predicted octanol–water partition coefficient (Wildman–Crippen LogP) is 3.17. The van der Waals surface area contributed by atoms with Crippen molar-refractivity contribution in [3.05, 3.63) is 57.8 Å². The number of sulfonamides is 1. The minimum absolute atomic E-state index is 0.0437. The van der Waals surface area contributed by atoms with E-state index in [0.29, 0.717) is 10.6 Å². The summed E-state index contributed by atoms with van der Waals surface area (Å²) in [6.45, 7) is 5.79. The van der Waals surface area contributed by atoms with Gasteiger partial charge in [-0.2, -0.15) is 4.31 Å². The van der Waals surface area contributed by atoms with Crippen LogP contribution in [0.25, 0.3) is 0 Å². The molecule has 0 spiro atoms. The van der Waals surface area contributed by atoms with Crippen LogP contribution in [-0.2, 0) is 30.8 Å². The van der Waals surface area contributed by atoms with E-state index in [1.807, 2.05) is 0 Å². The van der Waals surface area contributed by atoms with Gasteiger partial charge in [-0.15, -0.1) is 0 Å². The topological polar surface area (TPSA) is 120 Å². The largest absolute Gasteiger partial charge is 0.458 e. The SMILES string of the molecule is Cc1c(Cl)ccc(S(=O)(=O)N(CCc2cccnc2)CC(=O)C(N)C(=O)OC(C)(C)C)c1Cl. The maximum atomic E-state index is 13.5. The third-order valence-electron chi connectivity index (χ3n) is 4.62. The first kappa shape index (κ1) is 27.2. The van der Waals surface area contributed by atoms with Crippen LogP contribution in [0.15, 0.2) is 41.6 Å². The Morgan fingerprint density at radius 3 is 2.45 bits per heavy atom. The van der Waals surface area contributed by atoms with Gasteiger partial charge in [0.15, 0.2) is 11.8 Å². The van der Waals surface area contributed by atoms with E-state index in [1.165, 1.54) is 12.1 Å². The molecule has 0 aliphatic rings. The van der Waals surface area contributed by atoms with Gasteiger partial charge in [-0.25, -0.2) is 13.2 Å². The summed E-state index contributed by atoms with van der Waals surface area (Å²) in [5.41, 5.74) is 6.08. The van der Waals surface area contributed by atoms with Gasteiger partial charge < -0.3 is 10.5 Å². The highest BCUT2D eigenvalue weighted by Gasteiger charge is 2.34.